The van der Waals surface area contributed by atoms with Crippen LogP contribution in [-0.4, -0.2) is 18.0 Å². The molecule has 0 spiro atoms. The number of aromatic nitrogens is 2. The van der Waals surface area contributed by atoms with E-state index >= 15 is 0 Å². The van der Waals surface area contributed by atoms with Crippen molar-refractivity contribution in [3.05, 3.63) is 46.8 Å². The summed E-state index contributed by atoms with van der Waals surface area (Å²) in [4.78, 5) is 11.0. The molecule has 0 amide bonds. The number of nitrogens with one attached hydrogen (secondary N) is 1. The van der Waals surface area contributed by atoms with Gasteiger partial charge < -0.3 is 0 Å². The topological polar surface area (TPSA) is 45.8 Å². The second-order valence-electron chi connectivity index (χ2n) is 3.13. The molecule has 1 aromatic heterocycles. The molecule has 0 atom stereocenters. The van der Waals surface area contributed by atoms with Gasteiger partial charge in [0.1, 0.15) is 7.85 Å². The minimum absolute atomic E-state index is 0.165. The average Bonchev–Trinajstić information content (AvgIpc) is 2.19. The van der Waals surface area contributed by atoms with Gasteiger partial charge in [0.05, 0.1) is 5.69 Å². The summed E-state index contributed by atoms with van der Waals surface area (Å²) in [5.74, 6) is 0. The smallest absolute Gasteiger partial charge is 0.263 e. The van der Waals surface area contributed by atoms with E-state index in [1.165, 1.54) is 0 Å². The monoisotopic (exact) mass is 184 g/mol. The van der Waals surface area contributed by atoms with E-state index < -0.39 is 0 Å². The summed E-state index contributed by atoms with van der Waals surface area (Å²) in [5.41, 5.74) is 2.56. The van der Waals surface area contributed by atoms with Crippen molar-refractivity contribution in [1.29, 1.82) is 0 Å². The highest BCUT2D eigenvalue weighted by atomic mass is 16.1. The first-order valence-corrected chi connectivity index (χ1v) is 4.39. The zero-order valence-corrected chi connectivity index (χ0v) is 7.82. The molecule has 2 aromatic rings. The van der Waals surface area contributed by atoms with Crippen LogP contribution in [0.1, 0.15) is 0 Å². The average molecular weight is 184 g/mol. The Morgan fingerprint density at radius 3 is 2.57 bits per heavy atom. The van der Waals surface area contributed by atoms with Crippen LogP contribution in [0.5, 0.6) is 0 Å². The number of hydrogen-bond donors (Lipinski definition) is 1. The second kappa shape index (κ2) is 3.50. The lowest BCUT2D eigenvalue weighted by Gasteiger charge is -2.02. The van der Waals surface area contributed by atoms with Gasteiger partial charge in [-0.25, -0.2) is 5.10 Å². The van der Waals surface area contributed by atoms with Crippen LogP contribution in [0.4, 0.5) is 0 Å². The summed E-state index contributed by atoms with van der Waals surface area (Å²) < 4.78 is 0. The van der Waals surface area contributed by atoms with E-state index in [0.717, 1.165) is 16.7 Å². The molecule has 0 bridgehead atoms. The minimum Gasteiger partial charge on any atom is -0.268 e. The van der Waals surface area contributed by atoms with E-state index in [4.69, 9.17) is 0 Å². The number of rotatable bonds is 1. The molecule has 1 aromatic carbocycles. The Hall–Kier alpha value is -1.84. The quantitative estimate of drug-likeness (QED) is 0.618. The molecule has 0 aliphatic rings. The van der Waals surface area contributed by atoms with Crippen LogP contribution >= 0.6 is 0 Å². The van der Waals surface area contributed by atoms with Crippen molar-refractivity contribution in [2.75, 3.05) is 0 Å². The van der Waals surface area contributed by atoms with Gasteiger partial charge in [0.15, 0.2) is 0 Å². The summed E-state index contributed by atoms with van der Waals surface area (Å²) in [7, 11) is 1.88. The highest BCUT2D eigenvalue weighted by Gasteiger charge is 2.02. The predicted molar refractivity (Wildman–Crippen MR) is 58.5 cm³/mol. The molecule has 0 saturated carbocycles. The first kappa shape index (κ1) is 8.75. The largest absolute Gasteiger partial charge is 0.268 e. The normalized spacial score (nSPS) is 10.0. The fourth-order valence-corrected chi connectivity index (χ4v) is 1.38. The van der Waals surface area contributed by atoms with Crippen LogP contribution < -0.4 is 11.0 Å². The molecule has 0 aliphatic heterocycles. The third-order valence-electron chi connectivity index (χ3n) is 2.05. The van der Waals surface area contributed by atoms with E-state index in [9.17, 15) is 4.79 Å². The molecule has 4 heteroatoms. The Balaban J connectivity index is 2.58. The maximum Gasteiger partial charge on any atom is 0.263 e. The summed E-state index contributed by atoms with van der Waals surface area (Å²) in [6.07, 6.45) is 0. The Morgan fingerprint density at radius 1 is 1.21 bits per heavy atom. The molecular formula is C10H9BN2O. The van der Waals surface area contributed by atoms with Crippen LogP contribution in [-0.2, 0) is 0 Å². The van der Waals surface area contributed by atoms with Crippen molar-refractivity contribution in [3.8, 4) is 11.3 Å². The second-order valence-corrected chi connectivity index (χ2v) is 3.13. The molecule has 2 rings (SSSR count). The van der Waals surface area contributed by atoms with E-state index in [0.29, 0.717) is 0 Å². The van der Waals surface area contributed by atoms with Gasteiger partial charge in [0.25, 0.3) is 5.56 Å². The first-order valence-electron chi connectivity index (χ1n) is 4.39. The molecule has 0 saturated heterocycles. The van der Waals surface area contributed by atoms with Gasteiger partial charge in [-0.15, -0.1) is 0 Å². The SMILES string of the molecule is Bc1cc(=O)[nH]nc1-c1ccccc1. The highest BCUT2D eigenvalue weighted by Crippen LogP contribution is 2.11. The van der Waals surface area contributed by atoms with Crippen molar-refractivity contribution in [3.63, 3.8) is 0 Å². The number of aromatic amines is 1. The summed E-state index contributed by atoms with van der Waals surface area (Å²) in [6.45, 7) is 0. The Labute approximate surface area is 82.2 Å². The van der Waals surface area contributed by atoms with Crippen molar-refractivity contribution >= 4 is 13.3 Å². The van der Waals surface area contributed by atoms with Gasteiger partial charge in [0, 0.05) is 11.6 Å². The van der Waals surface area contributed by atoms with Crippen molar-refractivity contribution in [2.45, 2.75) is 0 Å². The molecular weight excluding hydrogens is 175 g/mol. The highest BCUT2D eigenvalue weighted by molar-refractivity contribution is 6.35. The molecule has 0 aliphatic carbocycles. The van der Waals surface area contributed by atoms with Gasteiger partial charge in [-0.05, 0) is 0 Å². The summed E-state index contributed by atoms with van der Waals surface area (Å²) in [6, 6.07) is 11.3. The van der Waals surface area contributed by atoms with Gasteiger partial charge in [-0.1, -0.05) is 35.8 Å². The van der Waals surface area contributed by atoms with Crippen molar-refractivity contribution in [2.24, 2.45) is 0 Å². The molecule has 0 radical (unpaired) electrons. The molecule has 68 valence electrons. The third-order valence-corrected chi connectivity index (χ3v) is 2.05. The molecule has 1 N–H and O–H groups in total. The number of H-pyrrole nitrogens is 1. The Morgan fingerprint density at radius 2 is 1.93 bits per heavy atom. The van der Waals surface area contributed by atoms with Gasteiger partial charge >= 0.3 is 0 Å². The zero-order chi connectivity index (χ0) is 9.97. The van der Waals surface area contributed by atoms with Crippen LogP contribution in [0.15, 0.2) is 41.2 Å². The van der Waals surface area contributed by atoms with E-state index in [1.807, 2.05) is 38.2 Å². The lowest BCUT2D eigenvalue weighted by molar-refractivity contribution is 1.00. The maximum absolute atomic E-state index is 11.0. The van der Waals surface area contributed by atoms with Crippen LogP contribution in [0.25, 0.3) is 11.3 Å². The van der Waals surface area contributed by atoms with Crippen LogP contribution in [0, 0.1) is 0 Å². The van der Waals surface area contributed by atoms with Crippen molar-refractivity contribution < 1.29 is 0 Å². The Kier molecular flexibility index (Phi) is 2.19. The van der Waals surface area contributed by atoms with E-state index in [2.05, 4.69) is 10.2 Å². The van der Waals surface area contributed by atoms with Crippen LogP contribution in [0.2, 0.25) is 0 Å². The molecule has 1 heterocycles. The zero-order valence-electron chi connectivity index (χ0n) is 7.82. The molecule has 0 fully saturated rings. The molecule has 0 unspecified atom stereocenters. The van der Waals surface area contributed by atoms with Gasteiger partial charge in [-0.3, -0.25) is 4.79 Å². The van der Waals surface area contributed by atoms with Gasteiger partial charge in [0.2, 0.25) is 0 Å². The fraction of sp³-hybridized carbons (Fsp3) is 0. The molecule has 14 heavy (non-hydrogen) atoms. The standard InChI is InChI=1S/C10H9BN2O/c11-8-6-9(14)12-13-10(8)7-4-2-1-3-5-7/h1-6H,11H2,(H,12,14). The lowest BCUT2D eigenvalue weighted by Crippen LogP contribution is -2.19. The predicted octanol–water partition coefficient (Wildman–Crippen LogP) is -0.305. The summed E-state index contributed by atoms with van der Waals surface area (Å²) in [5, 5.41) is 6.44. The number of nitrogens with zero attached hydrogens (tertiary/aromatic N) is 1. The maximum atomic E-state index is 11.0. The van der Waals surface area contributed by atoms with Crippen LogP contribution in [0.3, 0.4) is 0 Å². The minimum atomic E-state index is -0.165. The lowest BCUT2D eigenvalue weighted by atomic mass is 9.92. The van der Waals surface area contributed by atoms with Crippen molar-refractivity contribution in [1.82, 2.24) is 10.2 Å². The van der Waals surface area contributed by atoms with E-state index in [-0.39, 0.29) is 5.56 Å². The fourth-order valence-electron chi connectivity index (χ4n) is 1.38. The Bertz CT molecular complexity index is 493. The van der Waals surface area contributed by atoms with E-state index in [1.54, 1.807) is 6.07 Å². The first-order chi connectivity index (χ1) is 6.77. The number of benzene rings is 1. The number of hydrogen-bond acceptors (Lipinski definition) is 2. The summed E-state index contributed by atoms with van der Waals surface area (Å²) >= 11 is 0. The van der Waals surface area contributed by atoms with Gasteiger partial charge in [-0.2, -0.15) is 5.10 Å². The third kappa shape index (κ3) is 1.59. The molecule has 3 nitrogen and oxygen atoms in total.